The van der Waals surface area contributed by atoms with Crippen molar-refractivity contribution in [2.24, 2.45) is 0 Å². The summed E-state index contributed by atoms with van der Waals surface area (Å²) in [6.07, 6.45) is 1.51. The fraction of sp³-hybridized carbons (Fsp3) is 0.261. The molecule has 0 atom stereocenters. The molecule has 1 saturated heterocycles. The number of anilines is 5. The Morgan fingerprint density at radius 3 is 2.52 bits per heavy atom. The number of rotatable bonds is 6. The van der Waals surface area contributed by atoms with Crippen LogP contribution in [0.5, 0.6) is 0 Å². The lowest BCUT2D eigenvalue weighted by Crippen LogP contribution is -2.47. The van der Waals surface area contributed by atoms with Gasteiger partial charge in [-0.05, 0) is 37.3 Å². The molecule has 0 amide bonds. The molecule has 1 fully saturated rings. The molecule has 0 unspecified atom stereocenters. The minimum absolute atomic E-state index is 0.330. The van der Waals surface area contributed by atoms with Crippen LogP contribution in [0.3, 0.4) is 0 Å². The van der Waals surface area contributed by atoms with Gasteiger partial charge in [-0.2, -0.15) is 0 Å². The Morgan fingerprint density at radius 1 is 1.03 bits per heavy atom. The van der Waals surface area contributed by atoms with Gasteiger partial charge in [0, 0.05) is 37.6 Å². The highest BCUT2D eigenvalue weighted by Crippen LogP contribution is 2.30. The Bertz CT molecular complexity index is 1040. The van der Waals surface area contributed by atoms with Crippen LogP contribution < -0.4 is 20.9 Å². The molecule has 4 rings (SSSR count). The summed E-state index contributed by atoms with van der Waals surface area (Å²) in [6.45, 7) is 5.51. The lowest BCUT2D eigenvalue weighted by atomic mass is 10.2. The van der Waals surface area contributed by atoms with Crippen molar-refractivity contribution in [1.82, 2.24) is 9.97 Å². The number of aromatic nitrogens is 2. The minimum Gasteiger partial charge on any atom is -0.462 e. The Kier molecular flexibility index (Phi) is 6.16. The van der Waals surface area contributed by atoms with Gasteiger partial charge in [-0.1, -0.05) is 24.3 Å². The number of hydrogen-bond donors (Lipinski definition) is 2. The van der Waals surface area contributed by atoms with Gasteiger partial charge in [0.2, 0.25) is 0 Å². The number of carbonyl (C=O) groups is 1. The third-order valence-electron chi connectivity index (χ3n) is 5.20. The van der Waals surface area contributed by atoms with E-state index in [-0.39, 0.29) is 5.97 Å². The van der Waals surface area contributed by atoms with Crippen LogP contribution in [0, 0.1) is 0 Å². The number of carbonyl (C=O) groups excluding carboxylic acids is 1. The molecule has 3 N–H and O–H groups in total. The number of piperazine rings is 1. The quantitative estimate of drug-likeness (QED) is 0.589. The van der Waals surface area contributed by atoms with E-state index in [0.717, 1.165) is 26.2 Å². The first kappa shape index (κ1) is 20.5. The lowest BCUT2D eigenvalue weighted by Gasteiger charge is -2.37. The van der Waals surface area contributed by atoms with Crippen molar-refractivity contribution in [3.8, 4) is 0 Å². The molecule has 8 heteroatoms. The summed E-state index contributed by atoms with van der Waals surface area (Å²) >= 11 is 0. The predicted octanol–water partition coefficient (Wildman–Crippen LogP) is 3.31. The maximum absolute atomic E-state index is 12.0. The maximum atomic E-state index is 12.0. The Balaban J connectivity index is 1.47. The molecule has 0 spiro atoms. The second kappa shape index (κ2) is 9.34. The van der Waals surface area contributed by atoms with Crippen LogP contribution in [-0.4, -0.2) is 48.7 Å². The van der Waals surface area contributed by atoms with Crippen LogP contribution in [0.4, 0.5) is 28.7 Å². The number of nitrogens with zero attached hydrogens (tertiary/aromatic N) is 4. The first-order valence-electron chi connectivity index (χ1n) is 10.4. The van der Waals surface area contributed by atoms with Crippen LogP contribution in [0.2, 0.25) is 0 Å². The van der Waals surface area contributed by atoms with E-state index in [1.165, 1.54) is 12.0 Å². The number of nitrogen functional groups attached to an aromatic ring is 1. The standard InChI is InChI=1S/C23H26N6O2/c1-2-31-23(30)17-7-6-8-18(15-17)27-21-20(24)22(26-16-25-21)29-13-11-28(12-14-29)19-9-4-3-5-10-19/h3-10,15-16H,2,11-14,24H2,1H3,(H,25,26,27). The number of benzene rings is 2. The third-order valence-corrected chi connectivity index (χ3v) is 5.20. The summed E-state index contributed by atoms with van der Waals surface area (Å²) in [6, 6.07) is 17.5. The summed E-state index contributed by atoms with van der Waals surface area (Å²) in [5.41, 5.74) is 9.30. The second-order valence-corrected chi connectivity index (χ2v) is 7.20. The van der Waals surface area contributed by atoms with E-state index < -0.39 is 0 Å². The van der Waals surface area contributed by atoms with E-state index in [1.807, 2.05) is 12.1 Å². The average Bonchev–Trinajstić information content (AvgIpc) is 2.81. The van der Waals surface area contributed by atoms with E-state index in [2.05, 4.69) is 49.4 Å². The van der Waals surface area contributed by atoms with Gasteiger partial charge in [0.1, 0.15) is 12.0 Å². The molecule has 2 aromatic carbocycles. The smallest absolute Gasteiger partial charge is 0.338 e. The van der Waals surface area contributed by atoms with Crippen molar-refractivity contribution < 1.29 is 9.53 Å². The molecule has 0 bridgehead atoms. The van der Waals surface area contributed by atoms with E-state index in [4.69, 9.17) is 10.5 Å². The first-order valence-corrected chi connectivity index (χ1v) is 10.4. The summed E-state index contributed by atoms with van der Waals surface area (Å²) in [5, 5.41) is 3.20. The van der Waals surface area contributed by atoms with Crippen molar-refractivity contribution in [2.45, 2.75) is 6.92 Å². The van der Waals surface area contributed by atoms with Crippen LogP contribution in [0.1, 0.15) is 17.3 Å². The predicted molar refractivity (Wildman–Crippen MR) is 123 cm³/mol. The van der Waals surface area contributed by atoms with Gasteiger partial charge in [0.15, 0.2) is 11.6 Å². The molecule has 1 aromatic heterocycles. The zero-order valence-electron chi connectivity index (χ0n) is 17.5. The SMILES string of the molecule is CCOC(=O)c1cccc(Nc2ncnc(N3CCN(c4ccccc4)CC3)c2N)c1. The van der Waals surface area contributed by atoms with E-state index >= 15 is 0 Å². The average molecular weight is 419 g/mol. The molecule has 0 radical (unpaired) electrons. The molecule has 1 aliphatic heterocycles. The van der Waals surface area contributed by atoms with Crippen LogP contribution in [0.15, 0.2) is 60.9 Å². The Morgan fingerprint density at radius 2 is 1.77 bits per heavy atom. The Labute approximate surface area is 181 Å². The van der Waals surface area contributed by atoms with Gasteiger partial charge in [0.25, 0.3) is 0 Å². The van der Waals surface area contributed by atoms with Gasteiger partial charge < -0.3 is 25.6 Å². The third kappa shape index (κ3) is 4.69. The van der Waals surface area contributed by atoms with Crippen molar-refractivity contribution in [2.75, 3.05) is 53.6 Å². The zero-order valence-corrected chi connectivity index (χ0v) is 17.5. The summed E-state index contributed by atoms with van der Waals surface area (Å²) in [4.78, 5) is 25.3. The number of esters is 1. The number of hydrogen-bond acceptors (Lipinski definition) is 8. The van der Waals surface area contributed by atoms with E-state index in [9.17, 15) is 4.79 Å². The molecule has 3 aromatic rings. The second-order valence-electron chi connectivity index (χ2n) is 7.20. The van der Waals surface area contributed by atoms with Crippen molar-refractivity contribution in [3.05, 3.63) is 66.5 Å². The fourth-order valence-electron chi connectivity index (χ4n) is 3.63. The van der Waals surface area contributed by atoms with Gasteiger partial charge in [-0.25, -0.2) is 14.8 Å². The zero-order chi connectivity index (χ0) is 21.6. The summed E-state index contributed by atoms with van der Waals surface area (Å²) in [5.74, 6) is 0.863. The number of nitrogens with two attached hydrogens (primary N) is 1. The molecule has 8 nitrogen and oxygen atoms in total. The largest absolute Gasteiger partial charge is 0.462 e. The molecule has 2 heterocycles. The summed E-state index contributed by atoms with van der Waals surface area (Å²) < 4.78 is 5.07. The number of ether oxygens (including phenoxy) is 1. The van der Waals surface area contributed by atoms with Crippen LogP contribution >= 0.6 is 0 Å². The molecule has 1 aliphatic rings. The first-order chi connectivity index (χ1) is 15.2. The van der Waals surface area contributed by atoms with Crippen LogP contribution in [-0.2, 0) is 4.74 Å². The topological polar surface area (TPSA) is 96.6 Å². The summed E-state index contributed by atoms with van der Waals surface area (Å²) in [7, 11) is 0. The van der Waals surface area contributed by atoms with Crippen molar-refractivity contribution in [3.63, 3.8) is 0 Å². The maximum Gasteiger partial charge on any atom is 0.338 e. The highest BCUT2D eigenvalue weighted by molar-refractivity contribution is 5.91. The van der Waals surface area contributed by atoms with Gasteiger partial charge in [-0.3, -0.25) is 0 Å². The highest BCUT2D eigenvalue weighted by atomic mass is 16.5. The fourth-order valence-corrected chi connectivity index (χ4v) is 3.63. The van der Waals surface area contributed by atoms with Crippen molar-refractivity contribution in [1.29, 1.82) is 0 Å². The van der Waals surface area contributed by atoms with Gasteiger partial charge >= 0.3 is 5.97 Å². The lowest BCUT2D eigenvalue weighted by molar-refractivity contribution is 0.0526. The molecule has 31 heavy (non-hydrogen) atoms. The molecule has 160 valence electrons. The molecular weight excluding hydrogens is 392 g/mol. The molecule has 0 aliphatic carbocycles. The van der Waals surface area contributed by atoms with Gasteiger partial charge in [-0.15, -0.1) is 0 Å². The van der Waals surface area contributed by atoms with E-state index in [0.29, 0.717) is 35.2 Å². The van der Waals surface area contributed by atoms with Gasteiger partial charge in [0.05, 0.1) is 12.2 Å². The molecule has 0 saturated carbocycles. The molecular formula is C23H26N6O2. The van der Waals surface area contributed by atoms with E-state index in [1.54, 1.807) is 25.1 Å². The van der Waals surface area contributed by atoms with Crippen molar-refractivity contribution >= 4 is 34.7 Å². The monoisotopic (exact) mass is 418 g/mol. The normalized spacial score (nSPS) is 13.7. The minimum atomic E-state index is -0.362. The highest BCUT2D eigenvalue weighted by Gasteiger charge is 2.21. The number of nitrogens with one attached hydrogen (secondary N) is 1. The van der Waals surface area contributed by atoms with Crippen LogP contribution in [0.25, 0.3) is 0 Å². The number of para-hydroxylation sites is 1. The Hall–Kier alpha value is -3.81.